The molecule has 1 aromatic carbocycles. The molecule has 1 atom stereocenters. The van der Waals surface area contributed by atoms with Gasteiger partial charge in [0, 0.05) is 18.3 Å². The third-order valence-electron chi connectivity index (χ3n) is 2.65. The van der Waals surface area contributed by atoms with Crippen molar-refractivity contribution < 1.29 is 14.8 Å². The smallest absolute Gasteiger partial charge is 0.235 e. The Bertz CT molecular complexity index is 528. The van der Waals surface area contributed by atoms with Gasteiger partial charge in [-0.25, -0.2) is 0 Å². The van der Waals surface area contributed by atoms with Gasteiger partial charge in [-0.1, -0.05) is 18.1 Å². The number of carbonyl (C=O) groups is 2. The Balaban J connectivity index is 2.82. The van der Waals surface area contributed by atoms with Crippen LogP contribution in [0.3, 0.4) is 0 Å². The molecule has 0 aromatic heterocycles. The lowest BCUT2D eigenvalue weighted by atomic mass is 10.0. The van der Waals surface area contributed by atoms with Crippen LogP contribution in [0.5, 0.6) is 0 Å². The number of oxime groups is 1. The fourth-order valence-electron chi connectivity index (χ4n) is 1.71. The van der Waals surface area contributed by atoms with E-state index in [4.69, 9.17) is 10.9 Å². The summed E-state index contributed by atoms with van der Waals surface area (Å²) in [5.74, 6) is -1.41. The molecule has 7 nitrogen and oxygen atoms in total. The molecular formula is C13H18N4O3. The van der Waals surface area contributed by atoms with Gasteiger partial charge in [0.05, 0.1) is 5.92 Å². The first-order valence-electron chi connectivity index (χ1n) is 6.13. The summed E-state index contributed by atoms with van der Waals surface area (Å²) < 4.78 is 0. The van der Waals surface area contributed by atoms with Crippen LogP contribution in [-0.4, -0.2) is 22.9 Å². The number of amidine groups is 1. The quantitative estimate of drug-likeness (QED) is 0.281. The molecule has 0 bridgehead atoms. The van der Waals surface area contributed by atoms with E-state index in [9.17, 15) is 9.59 Å². The second-order valence-corrected chi connectivity index (χ2v) is 4.24. The van der Waals surface area contributed by atoms with Crippen LogP contribution in [0.2, 0.25) is 0 Å². The largest absolute Gasteiger partial charge is 0.409 e. The van der Waals surface area contributed by atoms with Crippen molar-refractivity contribution in [2.24, 2.45) is 16.8 Å². The topological polar surface area (TPSA) is 117 Å². The van der Waals surface area contributed by atoms with Gasteiger partial charge >= 0.3 is 0 Å². The average molecular weight is 278 g/mol. The second-order valence-electron chi connectivity index (χ2n) is 4.24. The summed E-state index contributed by atoms with van der Waals surface area (Å²) in [7, 11) is 0. The number of nitrogens with two attached hydrogens (primary N) is 1. The highest BCUT2D eigenvalue weighted by Crippen LogP contribution is 2.16. The third kappa shape index (κ3) is 4.27. The summed E-state index contributed by atoms with van der Waals surface area (Å²) in [5, 5.41) is 16.8. The van der Waals surface area contributed by atoms with E-state index < -0.39 is 5.92 Å². The summed E-state index contributed by atoms with van der Waals surface area (Å²) in [5.41, 5.74) is 6.56. The van der Waals surface area contributed by atoms with Gasteiger partial charge in [-0.3, -0.25) is 9.59 Å². The predicted molar refractivity (Wildman–Crippen MR) is 76.6 cm³/mol. The number of nitrogens with one attached hydrogen (secondary N) is 2. The standard InChI is InChI=1S/C13H18N4O3/c1-3-11(12(14)17-20)13(19)16-10-6-4-5-9(7-10)15-8(2)18/h4-7,11,20H,3H2,1-2H3,(H2,14,17)(H,15,18)(H,16,19). The molecule has 0 saturated heterocycles. The second kappa shape index (κ2) is 7.13. The van der Waals surface area contributed by atoms with Gasteiger partial charge in [-0.05, 0) is 24.6 Å². The highest BCUT2D eigenvalue weighted by molar-refractivity contribution is 6.07. The number of hydrogen-bond donors (Lipinski definition) is 4. The van der Waals surface area contributed by atoms with Crippen molar-refractivity contribution in [2.45, 2.75) is 20.3 Å². The van der Waals surface area contributed by atoms with Crippen LogP contribution in [0.15, 0.2) is 29.4 Å². The van der Waals surface area contributed by atoms with E-state index in [0.29, 0.717) is 17.8 Å². The monoisotopic (exact) mass is 278 g/mol. The first kappa shape index (κ1) is 15.5. The Morgan fingerprint density at radius 2 is 1.95 bits per heavy atom. The highest BCUT2D eigenvalue weighted by Gasteiger charge is 2.21. The van der Waals surface area contributed by atoms with Crippen LogP contribution in [0.1, 0.15) is 20.3 Å². The maximum atomic E-state index is 12.0. The summed E-state index contributed by atoms with van der Waals surface area (Å²) >= 11 is 0. The molecule has 20 heavy (non-hydrogen) atoms. The Morgan fingerprint density at radius 3 is 2.45 bits per heavy atom. The summed E-state index contributed by atoms with van der Waals surface area (Å²) in [4.78, 5) is 23.0. The third-order valence-corrected chi connectivity index (χ3v) is 2.65. The molecule has 2 amide bonds. The van der Waals surface area contributed by atoms with E-state index in [1.807, 2.05) is 0 Å². The molecule has 0 heterocycles. The van der Waals surface area contributed by atoms with E-state index >= 15 is 0 Å². The number of carbonyl (C=O) groups excluding carboxylic acids is 2. The van der Waals surface area contributed by atoms with Crippen molar-refractivity contribution in [1.82, 2.24) is 0 Å². The molecule has 1 aromatic rings. The fourth-order valence-corrected chi connectivity index (χ4v) is 1.71. The lowest BCUT2D eigenvalue weighted by Crippen LogP contribution is -2.34. The van der Waals surface area contributed by atoms with Crippen molar-refractivity contribution in [1.29, 1.82) is 0 Å². The van der Waals surface area contributed by atoms with Crippen LogP contribution in [0.4, 0.5) is 11.4 Å². The van der Waals surface area contributed by atoms with Gasteiger partial charge < -0.3 is 21.6 Å². The minimum Gasteiger partial charge on any atom is -0.409 e. The van der Waals surface area contributed by atoms with Crippen molar-refractivity contribution in [3.63, 3.8) is 0 Å². The van der Waals surface area contributed by atoms with Crippen LogP contribution in [0, 0.1) is 5.92 Å². The Kier molecular flexibility index (Phi) is 5.52. The van der Waals surface area contributed by atoms with Crippen LogP contribution >= 0.6 is 0 Å². The molecular weight excluding hydrogens is 260 g/mol. The fraction of sp³-hybridized carbons (Fsp3) is 0.308. The maximum Gasteiger partial charge on any atom is 0.235 e. The van der Waals surface area contributed by atoms with Gasteiger partial charge in [-0.2, -0.15) is 0 Å². The van der Waals surface area contributed by atoms with Gasteiger partial charge in [0.1, 0.15) is 0 Å². The summed E-state index contributed by atoms with van der Waals surface area (Å²) in [6.45, 7) is 3.16. The van der Waals surface area contributed by atoms with E-state index in [0.717, 1.165) is 0 Å². The van der Waals surface area contributed by atoms with Crippen molar-refractivity contribution in [2.75, 3.05) is 10.6 Å². The minimum atomic E-state index is -0.704. The zero-order valence-corrected chi connectivity index (χ0v) is 11.4. The van der Waals surface area contributed by atoms with Crippen LogP contribution in [0.25, 0.3) is 0 Å². The Labute approximate surface area is 116 Å². The molecule has 0 radical (unpaired) electrons. The minimum absolute atomic E-state index is 0.136. The molecule has 0 saturated carbocycles. The molecule has 0 aliphatic carbocycles. The van der Waals surface area contributed by atoms with E-state index in [2.05, 4.69) is 15.8 Å². The first-order valence-corrected chi connectivity index (χ1v) is 6.13. The van der Waals surface area contributed by atoms with Gasteiger partial charge in [0.2, 0.25) is 11.8 Å². The zero-order valence-electron chi connectivity index (χ0n) is 11.4. The molecule has 5 N–H and O–H groups in total. The number of benzene rings is 1. The van der Waals surface area contributed by atoms with Crippen LogP contribution in [-0.2, 0) is 9.59 Å². The molecule has 0 fully saturated rings. The van der Waals surface area contributed by atoms with E-state index in [1.54, 1.807) is 31.2 Å². The number of anilines is 2. The van der Waals surface area contributed by atoms with E-state index in [1.165, 1.54) is 6.92 Å². The highest BCUT2D eigenvalue weighted by atomic mass is 16.4. The SMILES string of the molecule is CCC(C(=O)Nc1cccc(NC(C)=O)c1)C(N)=NO. The molecule has 1 rings (SSSR count). The molecule has 0 spiro atoms. The lowest BCUT2D eigenvalue weighted by Gasteiger charge is -2.14. The summed E-state index contributed by atoms with van der Waals surface area (Å²) in [6, 6.07) is 6.71. The van der Waals surface area contributed by atoms with Gasteiger partial charge in [-0.15, -0.1) is 0 Å². The van der Waals surface area contributed by atoms with Crippen molar-refractivity contribution >= 4 is 29.0 Å². The molecule has 7 heteroatoms. The predicted octanol–water partition coefficient (Wildman–Crippen LogP) is 1.36. The normalized spacial score (nSPS) is 12.6. The first-order chi connectivity index (χ1) is 9.47. The number of hydrogen-bond acceptors (Lipinski definition) is 4. The van der Waals surface area contributed by atoms with Crippen molar-refractivity contribution in [3.8, 4) is 0 Å². The van der Waals surface area contributed by atoms with Crippen LogP contribution < -0.4 is 16.4 Å². The summed E-state index contributed by atoms with van der Waals surface area (Å²) in [6.07, 6.45) is 0.410. The van der Waals surface area contributed by atoms with E-state index in [-0.39, 0.29) is 17.6 Å². The van der Waals surface area contributed by atoms with Gasteiger partial charge in [0.25, 0.3) is 0 Å². The lowest BCUT2D eigenvalue weighted by molar-refractivity contribution is -0.118. The number of rotatable bonds is 5. The van der Waals surface area contributed by atoms with Gasteiger partial charge in [0.15, 0.2) is 5.84 Å². The zero-order chi connectivity index (χ0) is 15.1. The molecule has 108 valence electrons. The molecule has 1 unspecified atom stereocenters. The number of amides is 2. The molecule has 0 aliphatic heterocycles. The molecule has 0 aliphatic rings. The Morgan fingerprint density at radius 1 is 1.35 bits per heavy atom. The number of nitrogens with zero attached hydrogens (tertiary/aromatic N) is 1. The average Bonchev–Trinajstić information content (AvgIpc) is 2.38. The maximum absolute atomic E-state index is 12.0. The van der Waals surface area contributed by atoms with Crippen molar-refractivity contribution in [3.05, 3.63) is 24.3 Å². The Hall–Kier alpha value is -2.57.